The van der Waals surface area contributed by atoms with Crippen LogP contribution in [0.4, 0.5) is 0 Å². The summed E-state index contributed by atoms with van der Waals surface area (Å²) in [5, 5.41) is 4.03. The number of carbonyl (C=O) groups excluding carboxylic acids is 1. The second kappa shape index (κ2) is 4.72. The molecule has 4 unspecified atom stereocenters. The molecule has 15 heavy (non-hydrogen) atoms. The number of carbonyl (C=O) groups is 1. The molecule has 82 valence electrons. The van der Waals surface area contributed by atoms with E-state index in [1.165, 1.54) is 0 Å². The molecule has 0 N–H and O–H groups in total. The van der Waals surface area contributed by atoms with Gasteiger partial charge in [0, 0.05) is 20.0 Å². The molecule has 0 fully saturated rings. The third-order valence-electron chi connectivity index (χ3n) is 2.35. The quantitative estimate of drug-likeness (QED) is 0.773. The summed E-state index contributed by atoms with van der Waals surface area (Å²) in [6.45, 7) is 0.721. The molecule has 4 atom stereocenters. The molecule has 0 aliphatic carbocycles. The van der Waals surface area contributed by atoms with Crippen LogP contribution < -0.4 is 5.44 Å². The van der Waals surface area contributed by atoms with Gasteiger partial charge in [-0.15, -0.1) is 17.9 Å². The van der Waals surface area contributed by atoms with Gasteiger partial charge in [-0.25, -0.2) is 0 Å². The Labute approximate surface area is 95.5 Å². The van der Waals surface area contributed by atoms with Gasteiger partial charge in [-0.2, -0.15) is 0 Å². The van der Waals surface area contributed by atoms with E-state index in [4.69, 9.17) is 4.52 Å². The van der Waals surface area contributed by atoms with Crippen molar-refractivity contribution in [2.75, 3.05) is 13.6 Å². The highest BCUT2D eigenvalue weighted by Gasteiger charge is 2.31. The molecule has 1 amide bonds. The Balaban J connectivity index is 2.44. The molecule has 0 saturated carbocycles. The van der Waals surface area contributed by atoms with Crippen molar-refractivity contribution in [3.05, 3.63) is 11.3 Å². The van der Waals surface area contributed by atoms with Crippen LogP contribution in [-0.4, -0.2) is 29.6 Å². The van der Waals surface area contributed by atoms with E-state index in [-0.39, 0.29) is 5.91 Å². The van der Waals surface area contributed by atoms with E-state index in [1.807, 2.05) is 7.05 Å². The third-order valence-corrected chi connectivity index (χ3v) is 12.1. The summed E-state index contributed by atoms with van der Waals surface area (Å²) in [6, 6.07) is 0. The number of hydrogen-bond acceptors (Lipinski definition) is 3. The Hall–Kier alpha value is 0.400. The van der Waals surface area contributed by atoms with E-state index in [9.17, 15) is 4.79 Å². The lowest BCUT2D eigenvalue weighted by molar-refractivity contribution is 0.0775. The fraction of sp³-hybridized carbons (Fsp3) is 0.429. The molecule has 2 rings (SSSR count). The zero-order valence-corrected chi connectivity index (χ0v) is 12.4. The lowest BCUT2D eigenvalue weighted by atomic mass is 10.1. The summed E-state index contributed by atoms with van der Waals surface area (Å²) in [5.41, 5.74) is 1.55. The summed E-state index contributed by atoms with van der Waals surface area (Å²) in [5.74, 6) is 0.803. The highest BCUT2D eigenvalue weighted by Crippen LogP contribution is 2.65. The molecule has 0 radical (unpaired) electrons. The third kappa shape index (κ3) is 2.11. The van der Waals surface area contributed by atoms with Crippen molar-refractivity contribution in [1.29, 1.82) is 0 Å². The number of hydrogen-bond donors (Lipinski definition) is 0. The van der Waals surface area contributed by atoms with Crippen molar-refractivity contribution < 1.29 is 9.32 Å². The van der Waals surface area contributed by atoms with Gasteiger partial charge in [-0.3, -0.25) is 4.79 Å². The van der Waals surface area contributed by atoms with Crippen LogP contribution in [0.5, 0.6) is 0 Å². The largest absolute Gasteiger partial charge is 0.360 e. The number of fused-ring (bicyclic) bond motifs is 1. The van der Waals surface area contributed by atoms with E-state index in [0.29, 0.717) is 13.5 Å². The summed E-state index contributed by atoms with van der Waals surface area (Å²) in [6.07, 6.45) is 0.776. The Kier molecular flexibility index (Phi) is 3.74. The van der Waals surface area contributed by atoms with Crippen LogP contribution in [0.2, 0.25) is 0 Å². The van der Waals surface area contributed by atoms with Crippen LogP contribution in [0.1, 0.15) is 16.1 Å². The molecule has 8 heteroatoms. The lowest BCUT2D eigenvalue weighted by Crippen LogP contribution is -2.35. The summed E-state index contributed by atoms with van der Waals surface area (Å²) in [4.78, 5) is 13.7. The second-order valence-corrected chi connectivity index (χ2v) is 12.3. The smallest absolute Gasteiger partial charge is 0.259 e. The highest BCUT2D eigenvalue weighted by atomic mass is 32.6. The minimum absolute atomic E-state index is 0.0469. The molecule has 0 bridgehead atoms. The van der Waals surface area contributed by atoms with Crippen molar-refractivity contribution in [2.24, 2.45) is 0 Å². The first-order chi connectivity index (χ1) is 7.15. The normalized spacial score (nSPS) is 18.6. The second-order valence-electron chi connectivity index (χ2n) is 3.28. The van der Waals surface area contributed by atoms with Crippen molar-refractivity contribution in [3.63, 3.8) is 0 Å². The van der Waals surface area contributed by atoms with Gasteiger partial charge in [0.25, 0.3) is 5.91 Å². The number of likely N-dealkylation sites (N-methyl/N-ethyl adjacent to an activating group) is 1. The number of rotatable bonds is 2. The maximum Gasteiger partial charge on any atom is 0.259 e. The standard InChI is InChI=1S/C7H12N2O2P4/c1-9-3-2-4-5(7(9)10)6(8-11-4)15(13)14-12/h14H,2-3,12-13H2,1H3. The zero-order valence-electron chi connectivity index (χ0n) is 8.23. The highest BCUT2D eigenvalue weighted by molar-refractivity contribution is 8.63. The van der Waals surface area contributed by atoms with Gasteiger partial charge < -0.3 is 9.42 Å². The fourth-order valence-corrected chi connectivity index (χ4v) is 4.65. The molecule has 1 aliphatic heterocycles. The van der Waals surface area contributed by atoms with Gasteiger partial charge in [-0.1, -0.05) is 13.1 Å². The van der Waals surface area contributed by atoms with Crippen LogP contribution in [0.25, 0.3) is 0 Å². The molecule has 2 heterocycles. The zero-order chi connectivity index (χ0) is 11.0. The Bertz CT molecular complexity index is 394. The average molecular weight is 280 g/mol. The topological polar surface area (TPSA) is 46.3 Å². The first kappa shape index (κ1) is 11.9. The van der Waals surface area contributed by atoms with E-state index in [0.717, 1.165) is 24.2 Å². The summed E-state index contributed by atoms with van der Waals surface area (Å²) >= 11 is 0. The molecule has 0 aromatic carbocycles. The summed E-state index contributed by atoms with van der Waals surface area (Å²) in [7, 11) is 7.52. The van der Waals surface area contributed by atoms with Gasteiger partial charge >= 0.3 is 0 Å². The molecular weight excluding hydrogens is 268 g/mol. The van der Waals surface area contributed by atoms with E-state index in [2.05, 4.69) is 23.0 Å². The first-order valence-electron chi connectivity index (χ1n) is 4.40. The molecule has 0 saturated heterocycles. The van der Waals surface area contributed by atoms with Gasteiger partial charge in [0.2, 0.25) is 0 Å². The molecule has 0 spiro atoms. The van der Waals surface area contributed by atoms with Crippen LogP contribution in [0.15, 0.2) is 4.52 Å². The van der Waals surface area contributed by atoms with Gasteiger partial charge in [0.05, 0.1) is 0 Å². The first-order valence-corrected chi connectivity index (χ1v) is 11.0. The van der Waals surface area contributed by atoms with E-state index >= 15 is 0 Å². The van der Waals surface area contributed by atoms with Crippen LogP contribution >= 0.6 is 33.1 Å². The maximum atomic E-state index is 11.9. The number of aromatic nitrogens is 1. The number of nitrogens with zero attached hydrogens (tertiary/aromatic N) is 2. The molecular formula is C7H12N2O2P4. The average Bonchev–Trinajstić information content (AvgIpc) is 2.67. The molecule has 1 aromatic rings. The molecule has 1 aromatic heterocycles. The SMILES string of the molecule is CN1CCc2onc(P(P)PP)c2C1=O. The lowest BCUT2D eigenvalue weighted by Gasteiger charge is -2.21. The monoisotopic (exact) mass is 280 g/mol. The van der Waals surface area contributed by atoms with Crippen LogP contribution in [0.3, 0.4) is 0 Å². The van der Waals surface area contributed by atoms with Gasteiger partial charge in [0.15, 0.2) is 5.76 Å². The van der Waals surface area contributed by atoms with E-state index < -0.39 is 7.30 Å². The van der Waals surface area contributed by atoms with Crippen LogP contribution in [0, 0.1) is 0 Å². The Morgan fingerprint density at radius 3 is 3.07 bits per heavy atom. The van der Waals surface area contributed by atoms with Gasteiger partial charge in [0.1, 0.15) is 11.0 Å². The minimum Gasteiger partial charge on any atom is -0.360 e. The van der Waals surface area contributed by atoms with Crippen LogP contribution in [-0.2, 0) is 6.42 Å². The Morgan fingerprint density at radius 2 is 2.40 bits per heavy atom. The number of amides is 1. The van der Waals surface area contributed by atoms with Crippen molar-refractivity contribution in [1.82, 2.24) is 10.1 Å². The van der Waals surface area contributed by atoms with Gasteiger partial charge in [-0.05, 0) is 7.30 Å². The molecule has 1 aliphatic rings. The fourth-order valence-electron chi connectivity index (χ4n) is 1.49. The molecule has 4 nitrogen and oxygen atoms in total. The Morgan fingerprint density at radius 1 is 1.67 bits per heavy atom. The van der Waals surface area contributed by atoms with Crippen molar-refractivity contribution >= 4 is 44.5 Å². The predicted molar refractivity (Wildman–Crippen MR) is 71.5 cm³/mol. The van der Waals surface area contributed by atoms with E-state index in [1.54, 1.807) is 4.90 Å². The maximum absolute atomic E-state index is 11.9. The summed E-state index contributed by atoms with van der Waals surface area (Å²) < 4.78 is 5.23. The minimum atomic E-state index is -0.442. The van der Waals surface area contributed by atoms with Crippen molar-refractivity contribution in [2.45, 2.75) is 6.42 Å². The van der Waals surface area contributed by atoms with Crippen molar-refractivity contribution in [3.8, 4) is 0 Å². The predicted octanol–water partition coefficient (Wildman–Crippen LogP) is 1.58.